The molecule has 0 aliphatic heterocycles. The second-order valence-corrected chi connectivity index (χ2v) is 8.74. The highest BCUT2D eigenvalue weighted by atomic mass is 32.1. The van der Waals surface area contributed by atoms with Crippen LogP contribution in [0.25, 0.3) is 0 Å². The first-order valence-electron chi connectivity index (χ1n) is 10.8. The monoisotopic (exact) mass is 447 g/mol. The molecule has 0 fully saturated rings. The molecule has 31 heavy (non-hydrogen) atoms. The van der Waals surface area contributed by atoms with Gasteiger partial charge in [-0.3, -0.25) is 0 Å². The lowest BCUT2D eigenvalue weighted by Gasteiger charge is -2.34. The van der Waals surface area contributed by atoms with Gasteiger partial charge in [-0.1, -0.05) is 26.0 Å². The number of thiol groups is 1. The van der Waals surface area contributed by atoms with Gasteiger partial charge in [0.05, 0.1) is 28.4 Å². The van der Waals surface area contributed by atoms with Gasteiger partial charge in [0, 0.05) is 4.75 Å². The molecule has 6 heteroatoms. The van der Waals surface area contributed by atoms with Gasteiger partial charge < -0.3 is 24.3 Å². The Labute approximate surface area is 192 Å². The largest absolute Gasteiger partial charge is 0.493 e. The van der Waals surface area contributed by atoms with E-state index in [4.69, 9.17) is 31.6 Å². The fraction of sp³-hybridized carbons (Fsp3) is 0.520. The Morgan fingerprint density at radius 1 is 0.806 bits per heavy atom. The van der Waals surface area contributed by atoms with Crippen molar-refractivity contribution in [2.75, 3.05) is 41.5 Å². The van der Waals surface area contributed by atoms with E-state index < -0.39 is 0 Å². The van der Waals surface area contributed by atoms with Crippen LogP contribution in [-0.2, 0) is 11.2 Å². The molecule has 5 nitrogen and oxygen atoms in total. The molecule has 172 valence electrons. The van der Waals surface area contributed by atoms with Gasteiger partial charge in [-0.2, -0.15) is 12.6 Å². The number of methoxy groups -OCH3 is 4. The van der Waals surface area contributed by atoms with E-state index in [2.05, 4.69) is 37.4 Å². The van der Waals surface area contributed by atoms with Gasteiger partial charge in [-0.05, 0) is 73.7 Å². The average molecular weight is 448 g/mol. The van der Waals surface area contributed by atoms with Gasteiger partial charge in [-0.15, -0.1) is 0 Å². The average Bonchev–Trinajstić information content (AvgIpc) is 2.80. The summed E-state index contributed by atoms with van der Waals surface area (Å²) in [7, 11) is 6.64. The van der Waals surface area contributed by atoms with Crippen LogP contribution in [0, 0.1) is 5.92 Å². The van der Waals surface area contributed by atoms with Crippen molar-refractivity contribution < 1.29 is 18.9 Å². The van der Waals surface area contributed by atoms with Crippen molar-refractivity contribution in [3.8, 4) is 23.0 Å². The topological polar surface area (TPSA) is 49.0 Å². The van der Waals surface area contributed by atoms with Crippen LogP contribution in [0.4, 0.5) is 0 Å². The number of hydrogen-bond acceptors (Lipinski definition) is 6. The quantitative estimate of drug-likeness (QED) is 0.330. The summed E-state index contributed by atoms with van der Waals surface area (Å²) in [6.07, 6.45) is 2.93. The van der Waals surface area contributed by atoms with Gasteiger partial charge in [0.25, 0.3) is 0 Å². The number of ether oxygens (including phenoxy) is 4. The van der Waals surface area contributed by atoms with E-state index in [1.807, 2.05) is 18.2 Å². The van der Waals surface area contributed by atoms with Crippen molar-refractivity contribution in [2.45, 2.75) is 37.9 Å². The third-order valence-electron chi connectivity index (χ3n) is 5.79. The molecule has 0 aliphatic carbocycles. The van der Waals surface area contributed by atoms with E-state index in [1.54, 1.807) is 28.4 Å². The smallest absolute Gasteiger partial charge is 0.161 e. The normalized spacial score (nSPS) is 13.0. The van der Waals surface area contributed by atoms with Crippen LogP contribution >= 0.6 is 12.6 Å². The van der Waals surface area contributed by atoms with Gasteiger partial charge >= 0.3 is 0 Å². The van der Waals surface area contributed by atoms with Crippen molar-refractivity contribution in [2.24, 2.45) is 5.92 Å². The third-order valence-corrected chi connectivity index (χ3v) is 6.79. The van der Waals surface area contributed by atoms with Crippen LogP contribution in [0.2, 0.25) is 0 Å². The Hall–Kier alpha value is -2.05. The molecule has 1 unspecified atom stereocenters. The molecule has 1 atom stereocenters. The zero-order valence-electron chi connectivity index (χ0n) is 19.7. The van der Waals surface area contributed by atoms with E-state index in [0.29, 0.717) is 5.92 Å². The summed E-state index contributed by atoms with van der Waals surface area (Å²) in [6.45, 7) is 6.28. The Bertz CT molecular complexity index is 827. The third kappa shape index (κ3) is 6.47. The highest BCUT2D eigenvalue weighted by molar-refractivity contribution is 7.81. The highest BCUT2D eigenvalue weighted by Crippen LogP contribution is 2.43. The molecule has 0 heterocycles. The molecule has 2 aromatic carbocycles. The van der Waals surface area contributed by atoms with Crippen LogP contribution in [-0.4, -0.2) is 41.5 Å². The molecule has 0 amide bonds. The van der Waals surface area contributed by atoms with Gasteiger partial charge in [0.2, 0.25) is 0 Å². The molecular formula is C25H37NO4S. The van der Waals surface area contributed by atoms with Crippen LogP contribution in [0.3, 0.4) is 0 Å². The van der Waals surface area contributed by atoms with Crippen molar-refractivity contribution >= 4 is 12.6 Å². The second-order valence-electron chi connectivity index (χ2n) is 7.94. The maximum atomic E-state index is 5.49. The van der Waals surface area contributed by atoms with Gasteiger partial charge in [0.1, 0.15) is 0 Å². The molecule has 0 aliphatic rings. The second kappa shape index (κ2) is 12.1. The lowest BCUT2D eigenvalue weighted by molar-refractivity contribution is 0.351. The Morgan fingerprint density at radius 2 is 1.39 bits per heavy atom. The van der Waals surface area contributed by atoms with Crippen LogP contribution in [0.5, 0.6) is 23.0 Å². The van der Waals surface area contributed by atoms with Gasteiger partial charge in [-0.25, -0.2) is 0 Å². The number of benzene rings is 2. The van der Waals surface area contributed by atoms with E-state index in [1.165, 1.54) is 5.56 Å². The molecule has 0 spiro atoms. The van der Waals surface area contributed by atoms with Crippen molar-refractivity contribution in [1.82, 2.24) is 5.32 Å². The molecule has 2 aromatic rings. The first-order chi connectivity index (χ1) is 14.9. The standard InChI is InChI=1S/C25H37NO4S/c1-18(2)25(31,20-9-11-22(28-4)24(17-20)30-6)13-7-14-26-15-12-19-8-10-21(27-3)23(16-19)29-5/h8-11,16-18,26,31H,7,12-15H2,1-6H3. The first kappa shape index (κ1) is 25.2. The molecular weight excluding hydrogens is 410 g/mol. The SMILES string of the molecule is COc1ccc(CCNCCCC(S)(c2ccc(OC)c(OC)c2)C(C)C)cc1OC. The molecule has 0 radical (unpaired) electrons. The predicted molar refractivity (Wildman–Crippen MR) is 130 cm³/mol. The summed E-state index contributed by atoms with van der Waals surface area (Å²) in [5.41, 5.74) is 2.38. The summed E-state index contributed by atoms with van der Waals surface area (Å²) in [4.78, 5) is 0. The summed E-state index contributed by atoms with van der Waals surface area (Å²) in [5.74, 6) is 3.38. The summed E-state index contributed by atoms with van der Waals surface area (Å²) < 4.78 is 21.3. The maximum Gasteiger partial charge on any atom is 0.161 e. The molecule has 0 bridgehead atoms. The molecule has 1 N–H and O–H groups in total. The van der Waals surface area contributed by atoms with Crippen LogP contribution in [0.15, 0.2) is 36.4 Å². The Kier molecular flexibility index (Phi) is 9.85. The lowest BCUT2D eigenvalue weighted by atomic mass is 9.83. The van der Waals surface area contributed by atoms with Crippen molar-refractivity contribution in [3.63, 3.8) is 0 Å². The predicted octanol–water partition coefficient (Wildman–Crippen LogP) is 5.11. The Morgan fingerprint density at radius 3 is 1.97 bits per heavy atom. The minimum absolute atomic E-state index is 0.232. The van der Waals surface area contributed by atoms with E-state index in [0.717, 1.165) is 60.9 Å². The lowest BCUT2D eigenvalue weighted by Crippen LogP contribution is -2.28. The van der Waals surface area contributed by atoms with Gasteiger partial charge in [0.15, 0.2) is 23.0 Å². The van der Waals surface area contributed by atoms with Crippen LogP contribution in [0.1, 0.15) is 37.8 Å². The summed E-state index contributed by atoms with van der Waals surface area (Å²) in [5, 5.41) is 3.55. The van der Waals surface area contributed by atoms with E-state index >= 15 is 0 Å². The highest BCUT2D eigenvalue weighted by Gasteiger charge is 2.32. The zero-order valence-corrected chi connectivity index (χ0v) is 20.6. The zero-order chi connectivity index (χ0) is 22.9. The minimum Gasteiger partial charge on any atom is -0.493 e. The summed E-state index contributed by atoms with van der Waals surface area (Å²) >= 11 is 5.13. The molecule has 0 saturated carbocycles. The first-order valence-corrected chi connectivity index (χ1v) is 11.2. The van der Waals surface area contributed by atoms with Crippen molar-refractivity contribution in [3.05, 3.63) is 47.5 Å². The molecule has 0 saturated heterocycles. The molecule has 2 rings (SSSR count). The number of hydrogen-bond donors (Lipinski definition) is 2. The fourth-order valence-corrected chi connectivity index (χ4v) is 4.05. The maximum absolute atomic E-state index is 5.49. The Balaban J connectivity index is 1.89. The fourth-order valence-electron chi connectivity index (χ4n) is 3.75. The molecule has 0 aromatic heterocycles. The van der Waals surface area contributed by atoms with Crippen LogP contribution < -0.4 is 24.3 Å². The minimum atomic E-state index is -0.232. The summed E-state index contributed by atoms with van der Waals surface area (Å²) in [6, 6.07) is 12.2. The van der Waals surface area contributed by atoms with Crippen molar-refractivity contribution in [1.29, 1.82) is 0 Å². The van der Waals surface area contributed by atoms with E-state index in [-0.39, 0.29) is 4.75 Å². The number of rotatable bonds is 13. The van der Waals surface area contributed by atoms with E-state index in [9.17, 15) is 0 Å². The number of nitrogens with one attached hydrogen (secondary N) is 1.